The third-order valence-electron chi connectivity index (χ3n) is 6.38. The first-order valence-corrected chi connectivity index (χ1v) is 12.5. The number of piperidine rings is 1. The SMILES string of the molecule is Cc1cccc(-c2nccc(Nc3ccnc(Cc4cccc(NC(=O)C5CCN(C)CC5)c4)n3)n2)n1. The van der Waals surface area contributed by atoms with Crippen molar-refractivity contribution in [1.29, 1.82) is 0 Å². The van der Waals surface area contributed by atoms with Gasteiger partial charge in [0.1, 0.15) is 23.2 Å². The van der Waals surface area contributed by atoms with E-state index in [1.807, 2.05) is 49.4 Å². The summed E-state index contributed by atoms with van der Waals surface area (Å²) in [6.45, 7) is 3.85. The number of anilines is 3. The number of benzene rings is 1. The van der Waals surface area contributed by atoms with Crippen LogP contribution in [-0.4, -0.2) is 55.9 Å². The van der Waals surface area contributed by atoms with Crippen molar-refractivity contribution in [2.24, 2.45) is 5.92 Å². The number of likely N-dealkylation sites (tertiary alicyclic amines) is 1. The van der Waals surface area contributed by atoms with E-state index in [0.29, 0.717) is 29.7 Å². The fraction of sp³-hybridized carbons (Fsp3) is 0.286. The number of nitrogens with one attached hydrogen (secondary N) is 2. The van der Waals surface area contributed by atoms with Crippen molar-refractivity contribution >= 4 is 23.2 Å². The second-order valence-corrected chi connectivity index (χ2v) is 9.36. The Labute approximate surface area is 216 Å². The maximum absolute atomic E-state index is 12.7. The van der Waals surface area contributed by atoms with Gasteiger partial charge >= 0.3 is 0 Å². The summed E-state index contributed by atoms with van der Waals surface area (Å²) in [5.74, 6) is 2.63. The zero-order valence-corrected chi connectivity index (χ0v) is 21.1. The number of carbonyl (C=O) groups excluding carboxylic acids is 1. The van der Waals surface area contributed by atoms with E-state index in [1.165, 1.54) is 0 Å². The number of carbonyl (C=O) groups is 1. The molecule has 1 aromatic carbocycles. The maximum atomic E-state index is 12.7. The molecule has 0 spiro atoms. The first kappa shape index (κ1) is 24.5. The van der Waals surface area contributed by atoms with Crippen molar-refractivity contribution in [3.63, 3.8) is 0 Å². The number of hydrogen-bond donors (Lipinski definition) is 2. The van der Waals surface area contributed by atoms with Crippen LogP contribution in [0.15, 0.2) is 67.0 Å². The molecule has 1 fully saturated rings. The van der Waals surface area contributed by atoms with Gasteiger partial charge in [0.15, 0.2) is 5.82 Å². The summed E-state index contributed by atoms with van der Waals surface area (Å²) in [5.41, 5.74) is 3.45. The molecule has 0 saturated carbocycles. The number of rotatable bonds is 7. The van der Waals surface area contributed by atoms with E-state index in [2.05, 4.69) is 47.5 Å². The molecule has 9 nitrogen and oxygen atoms in total. The standard InChI is InChI=1S/C28H30N8O/c1-19-5-3-8-23(31-19)27-30-14-10-25(35-27)33-24-9-13-29-26(34-24)18-20-6-4-7-22(17-20)32-28(37)21-11-15-36(2)16-12-21/h3-10,13-14,17,21H,11-12,15-16,18H2,1-2H3,(H,32,37)(H,29,30,33,34,35). The molecule has 1 aliphatic rings. The summed E-state index contributed by atoms with van der Waals surface area (Å²) in [4.78, 5) is 37.5. The van der Waals surface area contributed by atoms with Crippen LogP contribution in [0.1, 0.15) is 29.9 Å². The smallest absolute Gasteiger partial charge is 0.227 e. The van der Waals surface area contributed by atoms with Crippen LogP contribution in [-0.2, 0) is 11.2 Å². The van der Waals surface area contributed by atoms with Crippen molar-refractivity contribution in [3.05, 3.63) is 84.1 Å². The highest BCUT2D eigenvalue weighted by Crippen LogP contribution is 2.21. The Bertz CT molecular complexity index is 1380. The minimum absolute atomic E-state index is 0.0648. The highest BCUT2D eigenvalue weighted by molar-refractivity contribution is 5.92. The quantitative estimate of drug-likeness (QED) is 0.392. The number of aryl methyl sites for hydroxylation is 1. The van der Waals surface area contributed by atoms with Crippen molar-refractivity contribution in [3.8, 4) is 11.5 Å². The molecule has 188 valence electrons. The average molecular weight is 495 g/mol. The summed E-state index contributed by atoms with van der Waals surface area (Å²) in [6.07, 6.45) is 5.74. The van der Waals surface area contributed by atoms with Crippen LogP contribution in [0.3, 0.4) is 0 Å². The van der Waals surface area contributed by atoms with Crippen LogP contribution in [0.4, 0.5) is 17.3 Å². The van der Waals surface area contributed by atoms with Crippen LogP contribution >= 0.6 is 0 Å². The van der Waals surface area contributed by atoms with Gasteiger partial charge < -0.3 is 15.5 Å². The Morgan fingerprint density at radius 3 is 2.51 bits per heavy atom. The Hall–Kier alpha value is -4.24. The van der Waals surface area contributed by atoms with E-state index >= 15 is 0 Å². The van der Waals surface area contributed by atoms with E-state index in [9.17, 15) is 4.79 Å². The Balaban J connectivity index is 1.24. The summed E-state index contributed by atoms with van der Waals surface area (Å²) in [7, 11) is 2.10. The molecule has 9 heteroatoms. The Kier molecular flexibility index (Phi) is 7.41. The minimum atomic E-state index is 0.0648. The summed E-state index contributed by atoms with van der Waals surface area (Å²) in [5, 5.41) is 6.33. The fourth-order valence-electron chi connectivity index (χ4n) is 4.36. The molecule has 2 N–H and O–H groups in total. The van der Waals surface area contributed by atoms with Crippen molar-refractivity contribution < 1.29 is 4.79 Å². The van der Waals surface area contributed by atoms with Gasteiger partial charge in [-0.3, -0.25) is 4.79 Å². The number of aromatic nitrogens is 5. The largest absolute Gasteiger partial charge is 0.326 e. The number of pyridine rings is 1. The van der Waals surface area contributed by atoms with Crippen molar-refractivity contribution in [2.45, 2.75) is 26.2 Å². The van der Waals surface area contributed by atoms with Gasteiger partial charge in [-0.25, -0.2) is 24.9 Å². The highest BCUT2D eigenvalue weighted by Gasteiger charge is 2.23. The van der Waals surface area contributed by atoms with Gasteiger partial charge in [-0.05, 0) is 81.9 Å². The number of amides is 1. The first-order valence-electron chi connectivity index (χ1n) is 12.5. The van der Waals surface area contributed by atoms with Crippen molar-refractivity contribution in [1.82, 2.24) is 29.8 Å². The van der Waals surface area contributed by atoms with E-state index < -0.39 is 0 Å². The molecule has 0 atom stereocenters. The maximum Gasteiger partial charge on any atom is 0.227 e. The Morgan fingerprint density at radius 2 is 1.70 bits per heavy atom. The average Bonchev–Trinajstić information content (AvgIpc) is 2.90. The molecule has 1 saturated heterocycles. The lowest BCUT2D eigenvalue weighted by molar-refractivity contribution is -0.121. The van der Waals surface area contributed by atoms with E-state index in [4.69, 9.17) is 0 Å². The fourth-order valence-corrected chi connectivity index (χ4v) is 4.36. The second kappa shape index (κ2) is 11.2. The molecule has 37 heavy (non-hydrogen) atoms. The third-order valence-corrected chi connectivity index (χ3v) is 6.38. The van der Waals surface area contributed by atoms with E-state index in [1.54, 1.807) is 24.5 Å². The van der Waals surface area contributed by atoms with Gasteiger partial charge in [0, 0.05) is 36.1 Å². The molecular formula is C28H30N8O. The number of hydrogen-bond acceptors (Lipinski definition) is 8. The van der Waals surface area contributed by atoms with Gasteiger partial charge in [-0.15, -0.1) is 0 Å². The van der Waals surface area contributed by atoms with Crippen LogP contribution in [0.2, 0.25) is 0 Å². The van der Waals surface area contributed by atoms with E-state index in [-0.39, 0.29) is 11.8 Å². The predicted octanol–water partition coefficient (Wildman–Crippen LogP) is 4.25. The van der Waals surface area contributed by atoms with Gasteiger partial charge in [-0.1, -0.05) is 18.2 Å². The van der Waals surface area contributed by atoms with Crippen LogP contribution in [0.5, 0.6) is 0 Å². The summed E-state index contributed by atoms with van der Waals surface area (Å²) >= 11 is 0. The predicted molar refractivity (Wildman–Crippen MR) is 143 cm³/mol. The van der Waals surface area contributed by atoms with Crippen LogP contribution < -0.4 is 10.6 Å². The van der Waals surface area contributed by atoms with E-state index in [0.717, 1.165) is 48.6 Å². The van der Waals surface area contributed by atoms with Gasteiger partial charge in [0.05, 0.1) is 0 Å². The second-order valence-electron chi connectivity index (χ2n) is 9.36. The molecule has 4 heterocycles. The zero-order valence-electron chi connectivity index (χ0n) is 21.1. The summed E-state index contributed by atoms with van der Waals surface area (Å²) in [6, 6.07) is 17.2. The molecule has 4 aromatic rings. The molecule has 0 bridgehead atoms. The molecule has 0 radical (unpaired) electrons. The van der Waals surface area contributed by atoms with Crippen LogP contribution in [0, 0.1) is 12.8 Å². The first-order chi connectivity index (χ1) is 18.0. The topological polar surface area (TPSA) is 109 Å². The molecule has 5 rings (SSSR count). The zero-order chi connectivity index (χ0) is 25.6. The van der Waals surface area contributed by atoms with Gasteiger partial charge in [0.25, 0.3) is 0 Å². The van der Waals surface area contributed by atoms with Gasteiger partial charge in [0.2, 0.25) is 5.91 Å². The lowest BCUT2D eigenvalue weighted by Gasteiger charge is -2.28. The molecule has 1 amide bonds. The summed E-state index contributed by atoms with van der Waals surface area (Å²) < 4.78 is 0. The number of nitrogens with zero attached hydrogens (tertiary/aromatic N) is 6. The Morgan fingerprint density at radius 1 is 0.946 bits per heavy atom. The molecule has 1 aliphatic heterocycles. The van der Waals surface area contributed by atoms with Crippen LogP contribution in [0.25, 0.3) is 11.5 Å². The lowest BCUT2D eigenvalue weighted by Crippen LogP contribution is -2.35. The minimum Gasteiger partial charge on any atom is -0.326 e. The highest BCUT2D eigenvalue weighted by atomic mass is 16.1. The third kappa shape index (κ3) is 6.50. The molecular weight excluding hydrogens is 464 g/mol. The normalized spacial score (nSPS) is 14.3. The van der Waals surface area contributed by atoms with Crippen molar-refractivity contribution in [2.75, 3.05) is 30.8 Å². The molecule has 0 aliphatic carbocycles. The molecule has 0 unspecified atom stereocenters. The monoisotopic (exact) mass is 494 g/mol. The lowest BCUT2D eigenvalue weighted by atomic mass is 9.96. The van der Waals surface area contributed by atoms with Gasteiger partial charge in [-0.2, -0.15) is 0 Å². The molecule has 3 aromatic heterocycles.